The number of rotatable bonds is 0. The van der Waals surface area contributed by atoms with E-state index < -0.39 is 0 Å². The Labute approximate surface area is 95.7 Å². The summed E-state index contributed by atoms with van der Waals surface area (Å²) in [5.74, 6) is 0. The average molecular weight is 195 g/mol. The Morgan fingerprint density at radius 3 is 3.00 bits per heavy atom. The van der Waals surface area contributed by atoms with Gasteiger partial charge in [-0.1, -0.05) is 0 Å². The molecule has 0 spiro atoms. The number of fused-ring (bicyclic) bond motifs is 1. The monoisotopic (exact) mass is 194 g/mol. The van der Waals surface area contributed by atoms with Crippen LogP contribution in [-0.2, 0) is 0 Å². The van der Waals surface area contributed by atoms with Crippen LogP contribution in [0.15, 0.2) is 17.4 Å². The second-order valence-corrected chi connectivity index (χ2v) is 2.33. The first-order valence-electron chi connectivity index (χ1n) is 2.86. The molecule has 7 heteroatoms. The van der Waals surface area contributed by atoms with E-state index in [9.17, 15) is 4.79 Å². The first-order valence-corrected chi connectivity index (χ1v) is 3.20. The number of hydrogen-bond acceptors (Lipinski definition) is 3. The van der Waals surface area contributed by atoms with E-state index in [0.717, 1.165) is 4.09 Å². The van der Waals surface area contributed by atoms with E-state index in [0.29, 0.717) is 11.2 Å². The molecule has 2 aromatic heterocycles. The van der Waals surface area contributed by atoms with E-state index in [4.69, 9.17) is 11.8 Å². The summed E-state index contributed by atoms with van der Waals surface area (Å²) in [7, 11) is 0. The van der Waals surface area contributed by atoms with Crippen molar-refractivity contribution in [2.45, 2.75) is 0 Å². The number of nitrogens with zero attached hydrogens (tertiary/aromatic N) is 3. The molecule has 0 amide bonds. The number of hydrogen-bond donors (Lipinski definition) is 1. The van der Waals surface area contributed by atoms with Crippen LogP contribution in [0.25, 0.3) is 11.2 Å². The molecular weight excluding hydrogens is 191 g/mol. The van der Waals surface area contributed by atoms with Crippen molar-refractivity contribution in [3.63, 3.8) is 0 Å². The maximum atomic E-state index is 10.9. The number of aromatic nitrogens is 4. The van der Waals surface area contributed by atoms with Gasteiger partial charge < -0.3 is 6.41 Å². The minimum absolute atomic E-state index is 0. The number of imidazole rings is 1. The molecule has 0 atom stereocenters. The van der Waals surface area contributed by atoms with Gasteiger partial charge in [0, 0.05) is 11.8 Å². The van der Waals surface area contributed by atoms with Crippen LogP contribution in [0.5, 0.6) is 0 Å². The molecule has 2 rings (SSSR count). The fourth-order valence-electron chi connectivity index (χ4n) is 0.829. The van der Waals surface area contributed by atoms with E-state index in [1.807, 2.05) is 0 Å². The topological polar surface area (TPSA) is 63.6 Å². The van der Waals surface area contributed by atoms with Crippen molar-refractivity contribution in [2.24, 2.45) is 0 Å². The van der Waals surface area contributed by atoms with E-state index in [1.165, 1.54) is 12.7 Å². The van der Waals surface area contributed by atoms with Crippen molar-refractivity contribution in [3.8, 4) is 0 Å². The van der Waals surface area contributed by atoms with Crippen molar-refractivity contribution in [1.29, 1.82) is 0 Å². The van der Waals surface area contributed by atoms with Crippen molar-refractivity contribution < 1.29 is 31.0 Å². The van der Waals surface area contributed by atoms with Gasteiger partial charge in [0.2, 0.25) is 0 Å². The van der Waals surface area contributed by atoms with Gasteiger partial charge in [0.1, 0.15) is 6.33 Å². The molecule has 2 heterocycles. The molecule has 0 unspecified atom stereocenters. The van der Waals surface area contributed by atoms with Crippen molar-refractivity contribution in [3.05, 3.63) is 23.0 Å². The fraction of sp³-hybridized carbons (Fsp3) is 0. The minimum Gasteiger partial charge on any atom is -1.00 e. The molecule has 58 valence electrons. The summed E-state index contributed by atoms with van der Waals surface area (Å²) in [5.41, 5.74) is 0.364. The molecule has 0 bridgehead atoms. The second-order valence-electron chi connectivity index (χ2n) is 1.96. The van der Waals surface area contributed by atoms with Crippen molar-refractivity contribution in [2.75, 3.05) is 0 Å². The Morgan fingerprint density at radius 1 is 1.58 bits per heavy atom. The Balaban J connectivity index is 0.000000720. The predicted molar refractivity (Wildman–Crippen MR) is 40.5 cm³/mol. The van der Waals surface area contributed by atoms with Crippen LogP contribution in [0, 0.1) is 0 Å². The zero-order valence-electron chi connectivity index (χ0n) is 7.28. The van der Waals surface area contributed by atoms with Crippen LogP contribution in [0.4, 0.5) is 0 Å². The third kappa shape index (κ3) is 1.40. The summed E-state index contributed by atoms with van der Waals surface area (Å²) >= 11 is 5.60. The summed E-state index contributed by atoms with van der Waals surface area (Å²) in [4.78, 5) is 20.9. The third-order valence-corrected chi connectivity index (χ3v) is 1.56. The number of nitrogens with one attached hydrogen (secondary N) is 1. The van der Waals surface area contributed by atoms with Gasteiger partial charge in [-0.2, -0.15) is 4.98 Å². The first-order chi connectivity index (χ1) is 5.29. The normalized spacial score (nSPS) is 9.75. The standard InChI is InChI=1S/C5H3ClN4O.Na.H/c6-10-2-9-5(11)3-4(10)8-1-7-3;;/h1-2H,(H,7,8);;/q;+1;-1. The van der Waals surface area contributed by atoms with Crippen molar-refractivity contribution >= 4 is 22.9 Å². The largest absolute Gasteiger partial charge is 1.00 e. The third-order valence-electron chi connectivity index (χ3n) is 1.31. The van der Waals surface area contributed by atoms with E-state index >= 15 is 0 Å². The maximum Gasteiger partial charge on any atom is 1.00 e. The van der Waals surface area contributed by atoms with E-state index in [2.05, 4.69) is 15.0 Å². The van der Waals surface area contributed by atoms with Gasteiger partial charge in [-0.25, -0.2) is 9.07 Å². The molecular formula is C5H4ClN4NaO. The minimum atomic E-state index is -0.352. The van der Waals surface area contributed by atoms with Gasteiger partial charge >= 0.3 is 29.6 Å². The summed E-state index contributed by atoms with van der Waals surface area (Å²) in [6.07, 6.45) is 2.61. The van der Waals surface area contributed by atoms with Gasteiger partial charge in [-0.3, -0.25) is 4.79 Å². The van der Waals surface area contributed by atoms with Crippen LogP contribution in [0.1, 0.15) is 1.43 Å². The Hall–Kier alpha value is -0.360. The second kappa shape index (κ2) is 3.57. The summed E-state index contributed by atoms with van der Waals surface area (Å²) in [6, 6.07) is 0. The van der Waals surface area contributed by atoms with E-state index in [1.54, 1.807) is 0 Å². The van der Waals surface area contributed by atoms with Crippen LogP contribution in [0.2, 0.25) is 0 Å². The molecule has 1 N–H and O–H groups in total. The zero-order valence-corrected chi connectivity index (χ0v) is 9.04. The predicted octanol–water partition coefficient (Wildman–Crippen LogP) is -2.76. The number of H-pyrrole nitrogens is 1. The van der Waals surface area contributed by atoms with Gasteiger partial charge in [-0.15, -0.1) is 0 Å². The molecule has 0 aliphatic heterocycles. The van der Waals surface area contributed by atoms with Gasteiger partial charge in [0.15, 0.2) is 11.2 Å². The first kappa shape index (κ1) is 9.73. The summed E-state index contributed by atoms with van der Waals surface area (Å²) in [6.45, 7) is 0. The van der Waals surface area contributed by atoms with Crippen LogP contribution in [-0.4, -0.2) is 19.0 Å². The molecule has 2 aromatic rings. The molecule has 0 radical (unpaired) electrons. The summed E-state index contributed by atoms with van der Waals surface area (Å²) in [5, 5.41) is 0. The molecule has 12 heavy (non-hydrogen) atoms. The molecule has 5 nitrogen and oxygen atoms in total. The smallest absolute Gasteiger partial charge is 1.00 e. The molecule has 0 fully saturated rings. The molecule has 0 aliphatic rings. The molecule has 0 aromatic carbocycles. The van der Waals surface area contributed by atoms with Crippen molar-refractivity contribution in [1.82, 2.24) is 19.0 Å². The van der Waals surface area contributed by atoms with Gasteiger partial charge in [-0.05, 0) is 0 Å². The quantitative estimate of drug-likeness (QED) is 0.462. The fourth-order valence-corrected chi connectivity index (χ4v) is 1.00. The zero-order chi connectivity index (χ0) is 7.84. The Bertz CT molecular complexity index is 455. The van der Waals surface area contributed by atoms with Crippen LogP contribution in [0.3, 0.4) is 0 Å². The SMILES string of the molecule is O=c1ncn(Cl)c2nc[nH]c12.[H-].[Na+]. The van der Waals surface area contributed by atoms with Crippen LogP contribution >= 0.6 is 11.8 Å². The number of halogens is 1. The van der Waals surface area contributed by atoms with Crippen LogP contribution < -0.4 is 35.1 Å². The Morgan fingerprint density at radius 2 is 2.33 bits per heavy atom. The van der Waals surface area contributed by atoms with Gasteiger partial charge in [0.25, 0.3) is 5.56 Å². The van der Waals surface area contributed by atoms with Gasteiger partial charge in [0.05, 0.1) is 6.33 Å². The van der Waals surface area contributed by atoms with E-state index in [-0.39, 0.29) is 36.5 Å². The molecule has 0 saturated heterocycles. The molecule has 0 saturated carbocycles. The number of aromatic amines is 1. The summed E-state index contributed by atoms with van der Waals surface area (Å²) < 4.78 is 1.16. The maximum absolute atomic E-state index is 10.9. The molecule has 0 aliphatic carbocycles. The Kier molecular flexibility index (Phi) is 2.89. The average Bonchev–Trinajstić information content (AvgIpc) is 2.45.